The van der Waals surface area contributed by atoms with Crippen LogP contribution in [0.25, 0.3) is 75.6 Å². The first-order chi connectivity index (χ1) is 57.8. The monoisotopic (exact) mass is 1680 g/mol. The van der Waals surface area contributed by atoms with Gasteiger partial charge in [0.1, 0.15) is 28.0 Å². The van der Waals surface area contributed by atoms with Crippen molar-refractivity contribution >= 4 is 192 Å². The molecule has 0 spiro atoms. The van der Waals surface area contributed by atoms with Crippen molar-refractivity contribution in [2.75, 3.05) is 98.7 Å². The average Bonchev–Trinajstić information content (AvgIpc) is 1.74. The maximum atomic E-state index is 11.4. The quantitative estimate of drug-likeness (QED) is 0.0253. The predicted octanol–water partition coefficient (Wildman–Crippen LogP) is 13.9. The van der Waals surface area contributed by atoms with Crippen LogP contribution in [-0.4, -0.2) is 140 Å². The third-order valence-corrected chi connectivity index (χ3v) is 17.8. The van der Waals surface area contributed by atoms with E-state index in [1.807, 2.05) is 42.5 Å². The lowest BCUT2D eigenvalue weighted by atomic mass is 10.2. The molecule has 0 radical (unpaired) electrons. The van der Waals surface area contributed by atoms with Crippen molar-refractivity contribution in [1.29, 1.82) is 0 Å². The summed E-state index contributed by atoms with van der Waals surface area (Å²) in [6, 6.07) is 47.2. The number of pyridine rings is 2. The Morgan fingerprint density at radius 3 is 1.42 bits per heavy atom. The minimum atomic E-state index is -0.576. The van der Waals surface area contributed by atoms with Crippen LogP contribution in [0, 0.1) is 0 Å². The molecule has 10 heterocycles. The van der Waals surface area contributed by atoms with Crippen LogP contribution in [-0.2, 0) is 37.9 Å². The number of carbonyl (C=O) groups excluding carboxylic acids is 8. The standard InChI is InChI=1S/2C11H11NO3.2C10H11N3O2.2C10H10N2O3.2C10H10N2O2S/c1-2-14-11(13)10-6-7-8(12)4-3-5-9(7)15-10;1-2-14-11(13)9-6-7-4-3-5-8(12)10(7)15-9;1-2-15-10(14)8-6-9-7(11)4-3-5-13(9)12-8;1-2-15-10(14)8-6-7-4-3-5-9(11)13(7)12-8;1-2-14-10(13)9-12-8-6(11)4-3-5-7(8)15-9;1-2-14-10(13)9-12-7-5-3-4-6(11)8(7)15-9;1-2-14-10(13)9-12-8-6(11)4-3-5-7(8)15-9;1-2-14-10(13)9-12-7-5-3-4-6(11)8(7)15-9/h2*3-6H,2,12H2,1H3;2*3-6H,2,11H2,1H3;4*3-5H,2,11H2,1H3. The lowest BCUT2D eigenvalue weighted by molar-refractivity contribution is 0.0475. The lowest BCUT2D eigenvalue weighted by Crippen LogP contribution is -2.06. The number of nitrogens with zero attached hydrogens (tertiary/aromatic N) is 8. The Morgan fingerprint density at radius 1 is 0.367 bits per heavy atom. The van der Waals surface area contributed by atoms with Crippen LogP contribution >= 0.6 is 22.7 Å². The van der Waals surface area contributed by atoms with Crippen molar-refractivity contribution in [1.82, 2.24) is 39.2 Å². The van der Waals surface area contributed by atoms with Gasteiger partial charge in [0.25, 0.3) is 0 Å². The van der Waals surface area contributed by atoms with Crippen LogP contribution in [0.1, 0.15) is 138 Å². The number of esters is 8. The zero-order chi connectivity index (χ0) is 86.7. The summed E-state index contributed by atoms with van der Waals surface area (Å²) in [5.74, 6) is -2.99. The number of anilines is 8. The fourth-order valence-electron chi connectivity index (χ4n) is 10.5. The highest BCUT2D eigenvalue weighted by Crippen LogP contribution is 2.31. The smallest absolute Gasteiger partial charge is 0.394 e. The minimum absolute atomic E-state index is 0.0650. The molecule has 36 nitrogen and oxygen atoms in total. The number of ether oxygens (including phenoxy) is 8. The highest BCUT2D eigenvalue weighted by molar-refractivity contribution is 7.21. The van der Waals surface area contributed by atoms with Gasteiger partial charge in [-0.05, 0) is 159 Å². The normalized spacial score (nSPS) is 10.5. The van der Waals surface area contributed by atoms with Gasteiger partial charge in [-0.25, -0.2) is 67.3 Å². The number of furan rings is 2. The van der Waals surface area contributed by atoms with Crippen molar-refractivity contribution in [3.05, 3.63) is 215 Å². The molecular formula is C82H84N16O20S2. The summed E-state index contributed by atoms with van der Waals surface area (Å²) >= 11 is 2.56. The van der Waals surface area contributed by atoms with Crippen molar-refractivity contribution in [3.8, 4) is 0 Å². The first kappa shape index (κ1) is 88.6. The topological polar surface area (TPSA) is 557 Å². The zero-order valence-corrected chi connectivity index (χ0v) is 67.6. The largest absolute Gasteiger partial charge is 0.461 e. The fraction of sp³-hybridized carbons (Fsp3) is 0.195. The number of para-hydroxylation sites is 4. The summed E-state index contributed by atoms with van der Waals surface area (Å²) in [7, 11) is 0. The first-order valence-electron chi connectivity index (χ1n) is 36.8. The third-order valence-electron chi connectivity index (χ3n) is 15.7. The summed E-state index contributed by atoms with van der Waals surface area (Å²) in [6.45, 7) is 16.5. The maximum Gasteiger partial charge on any atom is 0.394 e. The highest BCUT2D eigenvalue weighted by Gasteiger charge is 2.22. The van der Waals surface area contributed by atoms with Gasteiger partial charge in [0.15, 0.2) is 28.1 Å². The number of nitrogen functional groups attached to an aromatic ring is 8. The predicted molar refractivity (Wildman–Crippen MR) is 453 cm³/mol. The van der Waals surface area contributed by atoms with E-state index in [2.05, 4.69) is 30.1 Å². The van der Waals surface area contributed by atoms with Gasteiger partial charge in [-0.15, -0.1) is 22.7 Å². The molecule has 0 unspecified atom stereocenters. The number of rotatable bonds is 16. The maximum absolute atomic E-state index is 11.4. The zero-order valence-electron chi connectivity index (χ0n) is 66.0. The molecule has 120 heavy (non-hydrogen) atoms. The Labute approximate surface area is 690 Å². The molecule has 0 saturated carbocycles. The lowest BCUT2D eigenvalue weighted by Gasteiger charge is -1.97. The Morgan fingerprint density at radius 2 is 0.850 bits per heavy atom. The summed E-state index contributed by atoms with van der Waals surface area (Å²) in [6.07, 6.45) is 1.73. The summed E-state index contributed by atoms with van der Waals surface area (Å²) in [5, 5.41) is 10.3. The number of carbonyl (C=O) groups is 8. The second-order valence-electron chi connectivity index (χ2n) is 24.0. The van der Waals surface area contributed by atoms with Gasteiger partial charge >= 0.3 is 59.5 Å². The molecule has 0 aliphatic rings. The second kappa shape index (κ2) is 42.3. The van der Waals surface area contributed by atoms with Crippen LogP contribution in [0.4, 0.5) is 45.6 Å². The Hall–Kier alpha value is -15.3. The second-order valence-corrected chi connectivity index (χ2v) is 26.0. The van der Waals surface area contributed by atoms with Crippen LogP contribution < -0.4 is 45.9 Å². The molecule has 0 aliphatic carbocycles. The van der Waals surface area contributed by atoms with E-state index in [0.29, 0.717) is 140 Å². The highest BCUT2D eigenvalue weighted by atomic mass is 32.1. The molecule has 0 amide bonds. The van der Waals surface area contributed by atoms with E-state index < -0.39 is 47.8 Å². The van der Waals surface area contributed by atoms with Crippen molar-refractivity contribution in [3.63, 3.8) is 0 Å². The van der Waals surface area contributed by atoms with E-state index in [1.165, 1.54) is 27.2 Å². The number of hydrogen-bond acceptors (Lipinski definition) is 36. The van der Waals surface area contributed by atoms with Crippen LogP contribution in [0.15, 0.2) is 188 Å². The van der Waals surface area contributed by atoms with E-state index in [9.17, 15) is 38.4 Å². The molecule has 624 valence electrons. The van der Waals surface area contributed by atoms with Gasteiger partial charge in [-0.3, -0.25) is 0 Å². The Balaban J connectivity index is 0.000000156. The Bertz CT molecular complexity index is 5170. The number of nitrogens with two attached hydrogens (primary N) is 8. The number of benzene rings is 6. The van der Waals surface area contributed by atoms with Gasteiger partial charge in [-0.2, -0.15) is 10.2 Å². The van der Waals surface area contributed by atoms with E-state index >= 15 is 0 Å². The number of hydrogen-bond donors (Lipinski definition) is 8. The number of fused-ring (bicyclic) bond motifs is 8. The molecule has 6 aromatic carbocycles. The molecule has 16 N–H and O–H groups in total. The summed E-state index contributed by atoms with van der Waals surface area (Å²) in [4.78, 5) is 107. The molecule has 0 fully saturated rings. The van der Waals surface area contributed by atoms with Gasteiger partial charge in [0, 0.05) is 34.8 Å². The molecular weight excluding hydrogens is 1590 g/mol. The SMILES string of the molecule is CCOC(=O)c1cc2c(N)cccc2o1.CCOC(=O)c1cc2c(N)cccn2n1.CCOC(=O)c1cc2cccc(N)c2o1.CCOC(=O)c1cc2cccc(N)n2n1.CCOC(=O)c1nc2c(N)cccc2o1.CCOC(=O)c1nc2c(N)cccc2s1.CCOC(=O)c1nc2cccc(N)c2o1.CCOC(=O)c1nc2cccc(N)c2s1. The van der Waals surface area contributed by atoms with Crippen molar-refractivity contribution < 1.29 is 93.9 Å². The molecule has 38 heteroatoms. The fourth-order valence-corrected chi connectivity index (χ4v) is 12.2. The van der Waals surface area contributed by atoms with E-state index in [0.717, 1.165) is 31.2 Å². The molecule has 0 bridgehead atoms. The van der Waals surface area contributed by atoms with Crippen LogP contribution in [0.3, 0.4) is 0 Å². The first-order valence-corrected chi connectivity index (χ1v) is 38.4. The van der Waals surface area contributed by atoms with Crippen molar-refractivity contribution in [2.45, 2.75) is 55.4 Å². The molecule has 0 atom stereocenters. The van der Waals surface area contributed by atoms with Crippen LogP contribution in [0.5, 0.6) is 0 Å². The number of thiazole rings is 2. The Kier molecular flexibility index (Phi) is 31.3. The van der Waals surface area contributed by atoms with Crippen LogP contribution in [0.2, 0.25) is 0 Å². The van der Waals surface area contributed by atoms with E-state index in [-0.39, 0.29) is 47.9 Å². The molecule has 16 rings (SSSR count). The summed E-state index contributed by atoms with van der Waals surface area (Å²) < 4.78 is 64.4. The molecule has 0 aliphatic heterocycles. The minimum Gasteiger partial charge on any atom is -0.461 e. The summed E-state index contributed by atoms with van der Waals surface area (Å²) in [5.41, 5.74) is 56.0. The third kappa shape index (κ3) is 22.6. The van der Waals surface area contributed by atoms with Gasteiger partial charge in [-0.1, -0.05) is 48.5 Å². The molecule has 10 aromatic heterocycles. The number of oxazole rings is 2. The molecule has 0 saturated heterocycles. The van der Waals surface area contributed by atoms with Gasteiger partial charge < -0.3 is 101 Å². The van der Waals surface area contributed by atoms with Gasteiger partial charge in [0.05, 0.1) is 113 Å². The number of aromatic nitrogens is 8. The van der Waals surface area contributed by atoms with E-state index in [1.54, 1.807) is 187 Å². The van der Waals surface area contributed by atoms with Gasteiger partial charge in [0.2, 0.25) is 21.5 Å². The van der Waals surface area contributed by atoms with E-state index in [4.69, 9.17) is 101 Å². The average molecular weight is 1680 g/mol. The molecule has 16 aromatic rings. The van der Waals surface area contributed by atoms with Crippen molar-refractivity contribution in [2.24, 2.45) is 0 Å².